The van der Waals surface area contributed by atoms with E-state index in [0.717, 1.165) is 9.87 Å². The normalized spacial score (nSPS) is 12.2. The number of carbonyl (C=O) groups is 1. The minimum Gasteiger partial charge on any atom is -0.348 e. The molecule has 0 fully saturated rings. The maximum absolute atomic E-state index is 13.4. The van der Waals surface area contributed by atoms with Crippen molar-refractivity contribution in [3.63, 3.8) is 0 Å². The molecule has 1 atom stereocenters. The monoisotopic (exact) mass is 476 g/mol. The van der Waals surface area contributed by atoms with Crippen LogP contribution in [0.3, 0.4) is 0 Å². The summed E-state index contributed by atoms with van der Waals surface area (Å²) in [5, 5.41) is 3.18. The highest BCUT2D eigenvalue weighted by molar-refractivity contribution is 7.92. The molecule has 1 unspecified atom stereocenters. The summed E-state index contributed by atoms with van der Waals surface area (Å²) in [6.45, 7) is 1.50. The van der Waals surface area contributed by atoms with Gasteiger partial charge in [0.05, 0.1) is 26.7 Å². The van der Waals surface area contributed by atoms with Crippen LogP contribution in [0.4, 0.5) is 5.69 Å². The Bertz CT molecular complexity index is 1140. The van der Waals surface area contributed by atoms with Gasteiger partial charge >= 0.3 is 0 Å². The molecule has 0 aromatic heterocycles. The highest BCUT2D eigenvalue weighted by Gasteiger charge is 2.29. The topological polar surface area (TPSA) is 66.5 Å². The van der Waals surface area contributed by atoms with E-state index in [2.05, 4.69) is 5.32 Å². The summed E-state index contributed by atoms with van der Waals surface area (Å²) in [7, 11) is -4.07. The average Bonchev–Trinajstić information content (AvgIpc) is 2.79. The molecule has 5 nitrogen and oxygen atoms in total. The molecule has 3 aromatic rings. The molecule has 0 heterocycles. The third kappa shape index (κ3) is 5.39. The van der Waals surface area contributed by atoms with Gasteiger partial charge in [-0.25, -0.2) is 8.42 Å². The number of hydrogen-bond donors (Lipinski definition) is 1. The first-order valence-electron chi connectivity index (χ1n) is 9.70. The number of carbonyl (C=O) groups excluding carboxylic acids is 1. The van der Waals surface area contributed by atoms with Crippen molar-refractivity contribution in [1.82, 2.24) is 5.32 Å². The second kappa shape index (κ2) is 10.2. The Morgan fingerprint density at radius 2 is 1.55 bits per heavy atom. The van der Waals surface area contributed by atoms with Gasteiger partial charge in [-0.1, -0.05) is 84.7 Å². The maximum Gasteiger partial charge on any atom is 0.264 e. The molecule has 0 saturated heterocycles. The van der Waals surface area contributed by atoms with E-state index in [1.54, 1.807) is 30.3 Å². The van der Waals surface area contributed by atoms with Crippen LogP contribution in [0.25, 0.3) is 0 Å². The molecule has 0 radical (unpaired) electrons. The molecule has 0 aliphatic carbocycles. The van der Waals surface area contributed by atoms with Crippen LogP contribution < -0.4 is 9.62 Å². The maximum atomic E-state index is 13.4. The average molecular weight is 477 g/mol. The number of nitrogens with zero attached hydrogens (tertiary/aromatic N) is 1. The van der Waals surface area contributed by atoms with Crippen molar-refractivity contribution in [1.29, 1.82) is 0 Å². The summed E-state index contributed by atoms with van der Waals surface area (Å²) in [6, 6.07) is 21.8. The van der Waals surface area contributed by atoms with Gasteiger partial charge < -0.3 is 5.32 Å². The summed E-state index contributed by atoms with van der Waals surface area (Å²) in [4.78, 5) is 13.0. The Kier molecular flexibility index (Phi) is 7.59. The van der Waals surface area contributed by atoms with E-state index < -0.39 is 22.5 Å². The van der Waals surface area contributed by atoms with Crippen LogP contribution in [-0.2, 0) is 14.8 Å². The predicted octanol–water partition coefficient (Wildman–Crippen LogP) is 5.46. The molecule has 1 amide bonds. The number of anilines is 1. The van der Waals surface area contributed by atoms with E-state index in [0.29, 0.717) is 6.42 Å². The van der Waals surface area contributed by atoms with Crippen LogP contribution in [-0.4, -0.2) is 20.9 Å². The number of benzene rings is 3. The molecule has 3 rings (SSSR count). The lowest BCUT2D eigenvalue weighted by Gasteiger charge is -2.26. The van der Waals surface area contributed by atoms with Crippen LogP contribution in [0.1, 0.15) is 24.9 Å². The number of halogens is 2. The molecular weight excluding hydrogens is 455 g/mol. The Labute approximate surface area is 192 Å². The van der Waals surface area contributed by atoms with Gasteiger partial charge in [0.1, 0.15) is 6.54 Å². The summed E-state index contributed by atoms with van der Waals surface area (Å²) < 4.78 is 27.8. The minimum absolute atomic E-state index is 0.0499. The zero-order valence-electron chi connectivity index (χ0n) is 16.8. The second-order valence-electron chi connectivity index (χ2n) is 6.84. The number of rotatable bonds is 8. The third-order valence-electron chi connectivity index (χ3n) is 4.76. The molecule has 0 aliphatic heterocycles. The van der Waals surface area contributed by atoms with E-state index in [1.165, 1.54) is 18.2 Å². The van der Waals surface area contributed by atoms with Gasteiger partial charge in [-0.3, -0.25) is 9.10 Å². The Hall–Kier alpha value is -2.54. The predicted molar refractivity (Wildman–Crippen MR) is 125 cm³/mol. The quantitative estimate of drug-likeness (QED) is 0.469. The van der Waals surface area contributed by atoms with Crippen LogP contribution in [0.2, 0.25) is 10.0 Å². The fourth-order valence-corrected chi connectivity index (χ4v) is 5.08. The number of sulfonamides is 1. The van der Waals surface area contributed by atoms with E-state index in [-0.39, 0.29) is 26.7 Å². The zero-order valence-corrected chi connectivity index (χ0v) is 19.2. The SMILES string of the molecule is CCC(NC(=O)CN(c1cccc(Cl)c1Cl)S(=O)(=O)c1ccccc1)c1ccccc1. The van der Waals surface area contributed by atoms with Crippen LogP contribution in [0.15, 0.2) is 83.8 Å². The number of hydrogen-bond acceptors (Lipinski definition) is 3. The zero-order chi connectivity index (χ0) is 22.4. The fraction of sp³-hybridized carbons (Fsp3) is 0.174. The van der Waals surface area contributed by atoms with Crippen LogP contribution in [0.5, 0.6) is 0 Å². The first kappa shape index (κ1) is 23.1. The first-order chi connectivity index (χ1) is 14.8. The van der Waals surface area contributed by atoms with Crippen molar-refractivity contribution in [3.8, 4) is 0 Å². The van der Waals surface area contributed by atoms with Gasteiger partial charge in [0, 0.05) is 0 Å². The van der Waals surface area contributed by atoms with Gasteiger partial charge in [0.2, 0.25) is 5.91 Å². The van der Waals surface area contributed by atoms with E-state index in [9.17, 15) is 13.2 Å². The molecule has 0 bridgehead atoms. The largest absolute Gasteiger partial charge is 0.348 e. The number of nitrogens with one attached hydrogen (secondary N) is 1. The number of amides is 1. The first-order valence-corrected chi connectivity index (χ1v) is 11.9. The molecule has 3 aromatic carbocycles. The lowest BCUT2D eigenvalue weighted by molar-refractivity contribution is -0.120. The fourth-order valence-electron chi connectivity index (χ4n) is 3.18. The highest BCUT2D eigenvalue weighted by Crippen LogP contribution is 2.35. The van der Waals surface area contributed by atoms with Gasteiger partial charge in [0.15, 0.2) is 0 Å². The molecule has 31 heavy (non-hydrogen) atoms. The van der Waals surface area contributed by atoms with Gasteiger partial charge in [-0.15, -0.1) is 0 Å². The lowest BCUT2D eigenvalue weighted by atomic mass is 10.0. The van der Waals surface area contributed by atoms with Crippen molar-refractivity contribution >= 4 is 44.8 Å². The van der Waals surface area contributed by atoms with Gasteiger partial charge in [-0.05, 0) is 36.2 Å². The van der Waals surface area contributed by atoms with Gasteiger partial charge in [-0.2, -0.15) is 0 Å². The molecule has 0 spiro atoms. The van der Waals surface area contributed by atoms with Crippen molar-refractivity contribution in [3.05, 3.63) is 94.5 Å². The van der Waals surface area contributed by atoms with Crippen molar-refractivity contribution < 1.29 is 13.2 Å². The highest BCUT2D eigenvalue weighted by atomic mass is 35.5. The van der Waals surface area contributed by atoms with E-state index in [1.807, 2.05) is 37.3 Å². The molecule has 8 heteroatoms. The molecule has 0 aliphatic rings. The summed E-state index contributed by atoms with van der Waals surface area (Å²) in [5.41, 5.74) is 1.08. The Morgan fingerprint density at radius 1 is 0.935 bits per heavy atom. The second-order valence-corrected chi connectivity index (χ2v) is 9.48. The Morgan fingerprint density at radius 3 is 2.16 bits per heavy atom. The smallest absolute Gasteiger partial charge is 0.264 e. The molecular formula is C23H22Cl2N2O3S. The summed E-state index contributed by atoms with van der Waals surface area (Å²) >= 11 is 12.4. The van der Waals surface area contributed by atoms with Crippen LogP contribution >= 0.6 is 23.2 Å². The molecule has 0 saturated carbocycles. The lowest BCUT2D eigenvalue weighted by Crippen LogP contribution is -2.42. The standard InChI is InChI=1S/C23H22Cl2N2O3S/c1-2-20(17-10-5-3-6-11-17)26-22(28)16-27(21-15-9-14-19(24)23(21)25)31(29,30)18-12-7-4-8-13-18/h3-15,20H,2,16H2,1H3,(H,26,28). The third-order valence-corrected chi connectivity index (χ3v) is 7.35. The Balaban J connectivity index is 1.95. The summed E-state index contributed by atoms with van der Waals surface area (Å²) in [5.74, 6) is -0.453. The van der Waals surface area contributed by atoms with E-state index in [4.69, 9.17) is 23.2 Å². The molecule has 1 N–H and O–H groups in total. The van der Waals surface area contributed by atoms with Crippen LogP contribution in [0, 0.1) is 0 Å². The summed E-state index contributed by atoms with van der Waals surface area (Å²) in [6.07, 6.45) is 0.652. The van der Waals surface area contributed by atoms with Crippen molar-refractivity contribution in [2.45, 2.75) is 24.3 Å². The minimum atomic E-state index is -4.07. The van der Waals surface area contributed by atoms with Gasteiger partial charge in [0.25, 0.3) is 10.0 Å². The molecule has 162 valence electrons. The van der Waals surface area contributed by atoms with E-state index >= 15 is 0 Å². The van der Waals surface area contributed by atoms with Crippen molar-refractivity contribution in [2.75, 3.05) is 10.8 Å². The van der Waals surface area contributed by atoms with Crippen molar-refractivity contribution in [2.24, 2.45) is 0 Å².